The van der Waals surface area contributed by atoms with Crippen molar-refractivity contribution in [3.05, 3.63) is 16.3 Å². The number of hydrogen-bond acceptors (Lipinski definition) is 4. The number of thiophene rings is 1. The summed E-state index contributed by atoms with van der Waals surface area (Å²) in [6.07, 6.45) is 1.12. The summed E-state index contributed by atoms with van der Waals surface area (Å²) in [5, 5.41) is 6.11. The van der Waals surface area contributed by atoms with Crippen molar-refractivity contribution in [2.24, 2.45) is 9.63 Å². The van der Waals surface area contributed by atoms with Crippen LogP contribution in [0.15, 0.2) is 21.1 Å². The summed E-state index contributed by atoms with van der Waals surface area (Å²) in [4.78, 5) is 1.37. The molecule has 0 aliphatic carbocycles. The third kappa shape index (κ3) is 1.09. The molecule has 2 rings (SSSR count). The average molecular weight is 170 g/mol. The first-order chi connectivity index (χ1) is 4.97. The molecule has 0 spiro atoms. The van der Waals surface area contributed by atoms with E-state index >= 15 is 0 Å². The van der Waals surface area contributed by atoms with Crippen LogP contribution in [0.5, 0.6) is 0 Å². The molecule has 1 aliphatic heterocycles. The van der Waals surface area contributed by atoms with Gasteiger partial charge in [0.2, 0.25) is 0 Å². The molecular weight excluding hydrogens is 164 g/mol. The van der Waals surface area contributed by atoms with E-state index in [0.29, 0.717) is 0 Å². The summed E-state index contributed by atoms with van der Waals surface area (Å²) in [6, 6.07) is 2.02. The van der Waals surface area contributed by atoms with Gasteiger partial charge in [-0.15, -0.1) is 21.0 Å². The van der Waals surface area contributed by atoms with Crippen molar-refractivity contribution in [3.63, 3.8) is 0 Å². The standard InChI is InChI=1S/C6H6N2S2/c1-3-9-6-2-4-10-8-7-5(1)6/h1,3H,2,4H2. The Kier molecular flexibility index (Phi) is 1.73. The minimum atomic E-state index is 1.06. The Balaban J connectivity index is 2.42. The van der Waals surface area contributed by atoms with Gasteiger partial charge in [-0.3, -0.25) is 0 Å². The zero-order valence-corrected chi connectivity index (χ0v) is 6.91. The van der Waals surface area contributed by atoms with E-state index < -0.39 is 0 Å². The lowest BCUT2D eigenvalue weighted by Crippen LogP contribution is -1.79. The van der Waals surface area contributed by atoms with E-state index in [1.165, 1.54) is 4.88 Å². The zero-order valence-electron chi connectivity index (χ0n) is 5.28. The van der Waals surface area contributed by atoms with Crippen LogP contribution in [-0.2, 0) is 6.42 Å². The molecule has 10 heavy (non-hydrogen) atoms. The van der Waals surface area contributed by atoms with Crippen LogP contribution in [0.2, 0.25) is 0 Å². The topological polar surface area (TPSA) is 24.7 Å². The molecule has 2 heterocycles. The van der Waals surface area contributed by atoms with Gasteiger partial charge in [0.05, 0.1) is 0 Å². The fraction of sp³-hybridized carbons (Fsp3) is 0.333. The van der Waals surface area contributed by atoms with Crippen molar-refractivity contribution in [3.8, 4) is 0 Å². The van der Waals surface area contributed by atoms with Crippen LogP contribution in [0, 0.1) is 0 Å². The first kappa shape index (κ1) is 6.37. The van der Waals surface area contributed by atoms with Gasteiger partial charge < -0.3 is 0 Å². The van der Waals surface area contributed by atoms with Crippen LogP contribution >= 0.6 is 23.3 Å². The molecule has 0 fully saturated rings. The van der Waals surface area contributed by atoms with Crippen LogP contribution in [0.25, 0.3) is 0 Å². The van der Waals surface area contributed by atoms with Gasteiger partial charge in [0, 0.05) is 10.6 Å². The van der Waals surface area contributed by atoms with Gasteiger partial charge in [-0.2, -0.15) is 0 Å². The summed E-state index contributed by atoms with van der Waals surface area (Å²) in [5.41, 5.74) is 1.06. The smallest absolute Gasteiger partial charge is 0.100 e. The minimum Gasteiger partial charge on any atom is -0.146 e. The van der Waals surface area contributed by atoms with Gasteiger partial charge in [0.25, 0.3) is 0 Å². The Morgan fingerprint density at radius 2 is 2.50 bits per heavy atom. The van der Waals surface area contributed by atoms with Gasteiger partial charge in [0.1, 0.15) is 5.69 Å². The van der Waals surface area contributed by atoms with Crippen molar-refractivity contribution >= 4 is 29.0 Å². The third-order valence-electron chi connectivity index (χ3n) is 1.35. The van der Waals surface area contributed by atoms with E-state index in [9.17, 15) is 0 Å². The maximum Gasteiger partial charge on any atom is 0.100 e. The lowest BCUT2D eigenvalue weighted by Gasteiger charge is -1.88. The number of nitrogens with zero attached hydrogens (tertiary/aromatic N) is 2. The van der Waals surface area contributed by atoms with Gasteiger partial charge in [-0.25, -0.2) is 0 Å². The van der Waals surface area contributed by atoms with Crippen LogP contribution in [0.1, 0.15) is 4.88 Å². The molecule has 0 aromatic carbocycles. The van der Waals surface area contributed by atoms with Crippen molar-refractivity contribution in [1.82, 2.24) is 0 Å². The number of hydrogen-bond donors (Lipinski definition) is 0. The molecule has 0 radical (unpaired) electrons. The SMILES string of the molecule is c1cc2c(s1)CCSN=N2. The van der Waals surface area contributed by atoms with Gasteiger partial charge in [0.15, 0.2) is 0 Å². The minimum absolute atomic E-state index is 1.06. The molecule has 0 atom stereocenters. The van der Waals surface area contributed by atoms with Crippen molar-refractivity contribution in [2.75, 3.05) is 5.75 Å². The predicted octanol–water partition coefficient (Wildman–Crippen LogP) is 3.04. The van der Waals surface area contributed by atoms with Gasteiger partial charge >= 0.3 is 0 Å². The van der Waals surface area contributed by atoms with Crippen molar-refractivity contribution < 1.29 is 0 Å². The maximum absolute atomic E-state index is 4.05. The first-order valence-corrected chi connectivity index (χ1v) is 4.88. The summed E-state index contributed by atoms with van der Waals surface area (Å²) in [5.74, 6) is 1.07. The zero-order chi connectivity index (χ0) is 6.81. The maximum atomic E-state index is 4.05. The first-order valence-electron chi connectivity index (χ1n) is 3.06. The van der Waals surface area contributed by atoms with Crippen molar-refractivity contribution in [1.29, 1.82) is 0 Å². The lowest BCUT2D eigenvalue weighted by molar-refractivity contribution is 1.21. The van der Waals surface area contributed by atoms with Gasteiger partial charge in [-0.05, 0) is 29.8 Å². The molecule has 0 bridgehead atoms. The molecule has 2 nitrogen and oxygen atoms in total. The fourth-order valence-corrected chi connectivity index (χ4v) is 2.32. The van der Waals surface area contributed by atoms with E-state index in [0.717, 1.165) is 17.9 Å². The molecule has 0 saturated heterocycles. The second-order valence-electron chi connectivity index (χ2n) is 1.99. The molecule has 0 unspecified atom stereocenters. The van der Waals surface area contributed by atoms with E-state index in [2.05, 4.69) is 15.0 Å². The van der Waals surface area contributed by atoms with Crippen LogP contribution in [0.4, 0.5) is 5.69 Å². The molecule has 0 saturated carbocycles. The molecule has 4 heteroatoms. The highest BCUT2D eigenvalue weighted by Crippen LogP contribution is 2.30. The number of aryl methyl sites for hydroxylation is 1. The highest BCUT2D eigenvalue weighted by Gasteiger charge is 2.05. The number of fused-ring (bicyclic) bond motifs is 1. The second-order valence-corrected chi connectivity index (χ2v) is 3.82. The normalized spacial score (nSPS) is 16.4. The molecule has 0 amide bonds. The van der Waals surface area contributed by atoms with E-state index in [-0.39, 0.29) is 0 Å². The van der Waals surface area contributed by atoms with Crippen LogP contribution in [0.3, 0.4) is 0 Å². The molecular formula is C6H6N2S2. The molecule has 52 valence electrons. The Bertz CT molecular complexity index is 254. The fourth-order valence-electron chi connectivity index (χ4n) is 0.862. The molecule has 1 aliphatic rings. The van der Waals surface area contributed by atoms with Gasteiger partial charge in [-0.1, -0.05) is 0 Å². The Labute approximate surface area is 67.5 Å². The predicted molar refractivity (Wildman–Crippen MR) is 45.0 cm³/mol. The summed E-state index contributed by atoms with van der Waals surface area (Å²) >= 11 is 3.31. The molecule has 1 aromatic rings. The Morgan fingerprint density at radius 1 is 1.50 bits per heavy atom. The highest BCUT2D eigenvalue weighted by atomic mass is 32.2. The summed E-state index contributed by atoms with van der Waals surface area (Å²) < 4.78 is 3.93. The van der Waals surface area contributed by atoms with E-state index in [1.807, 2.05) is 6.07 Å². The Hall–Kier alpha value is -0.350. The largest absolute Gasteiger partial charge is 0.146 e. The summed E-state index contributed by atoms with van der Waals surface area (Å²) in [7, 11) is 0. The Morgan fingerprint density at radius 3 is 3.50 bits per heavy atom. The van der Waals surface area contributed by atoms with Crippen LogP contribution < -0.4 is 0 Å². The highest BCUT2D eigenvalue weighted by molar-refractivity contribution is 7.97. The monoisotopic (exact) mass is 170 g/mol. The van der Waals surface area contributed by atoms with E-state index in [4.69, 9.17) is 0 Å². The lowest BCUT2D eigenvalue weighted by atomic mass is 10.3. The third-order valence-corrected chi connectivity index (χ3v) is 2.90. The van der Waals surface area contributed by atoms with E-state index in [1.54, 1.807) is 23.3 Å². The second kappa shape index (κ2) is 2.72. The van der Waals surface area contributed by atoms with Crippen molar-refractivity contribution in [2.45, 2.75) is 6.42 Å². The summed E-state index contributed by atoms with van der Waals surface area (Å²) in [6.45, 7) is 0. The average Bonchev–Trinajstić information content (AvgIpc) is 2.28. The molecule has 0 N–H and O–H groups in total. The molecule has 1 aromatic heterocycles. The number of rotatable bonds is 0. The quantitative estimate of drug-likeness (QED) is 0.549. The van der Waals surface area contributed by atoms with Crippen LogP contribution in [-0.4, -0.2) is 5.75 Å².